The summed E-state index contributed by atoms with van der Waals surface area (Å²) in [5.41, 5.74) is 1.45. The Bertz CT molecular complexity index is 409. The summed E-state index contributed by atoms with van der Waals surface area (Å²) in [5.74, 6) is 1.88. The van der Waals surface area contributed by atoms with Crippen LogP contribution in [-0.2, 0) is 6.54 Å². The van der Waals surface area contributed by atoms with Crippen LogP contribution < -0.4 is 5.32 Å². The average Bonchev–Trinajstić information content (AvgIpc) is 2.93. The normalized spacial score (nSPS) is 28.0. The lowest BCUT2D eigenvalue weighted by molar-refractivity contribution is 0.186. The zero-order chi connectivity index (χ0) is 14.5. The minimum atomic E-state index is 0.754. The van der Waals surface area contributed by atoms with Gasteiger partial charge < -0.3 is 5.32 Å². The third-order valence-electron chi connectivity index (χ3n) is 5.54. The summed E-state index contributed by atoms with van der Waals surface area (Å²) in [7, 11) is 0. The van der Waals surface area contributed by atoms with Crippen molar-refractivity contribution in [2.24, 2.45) is 11.8 Å². The molecule has 1 saturated heterocycles. The van der Waals surface area contributed by atoms with Crippen molar-refractivity contribution in [3.63, 3.8) is 0 Å². The Morgan fingerprint density at radius 3 is 2.48 bits per heavy atom. The van der Waals surface area contributed by atoms with Crippen LogP contribution in [-0.4, -0.2) is 30.6 Å². The van der Waals surface area contributed by atoms with Crippen LogP contribution in [0.2, 0.25) is 0 Å². The second-order valence-corrected chi connectivity index (χ2v) is 7.11. The number of piperidine rings is 1. The lowest BCUT2D eigenvalue weighted by Gasteiger charge is -2.33. The van der Waals surface area contributed by atoms with Crippen LogP contribution in [0, 0.1) is 11.8 Å². The van der Waals surface area contributed by atoms with Crippen LogP contribution in [0.3, 0.4) is 0 Å². The minimum absolute atomic E-state index is 0.754. The largest absolute Gasteiger partial charge is 0.314 e. The van der Waals surface area contributed by atoms with E-state index in [2.05, 4.69) is 47.5 Å². The smallest absolute Gasteiger partial charge is 0.0233 e. The molecule has 2 nitrogen and oxygen atoms in total. The Morgan fingerprint density at radius 2 is 1.81 bits per heavy atom. The zero-order valence-electron chi connectivity index (χ0n) is 13.4. The van der Waals surface area contributed by atoms with Gasteiger partial charge in [-0.25, -0.2) is 0 Å². The maximum atomic E-state index is 3.85. The number of likely N-dealkylation sites (tertiary alicyclic amines) is 1. The van der Waals surface area contributed by atoms with Gasteiger partial charge in [-0.15, -0.1) is 0 Å². The second kappa shape index (κ2) is 7.42. The van der Waals surface area contributed by atoms with Gasteiger partial charge in [0.1, 0.15) is 0 Å². The fourth-order valence-electron chi connectivity index (χ4n) is 3.98. The fraction of sp³-hybridized carbons (Fsp3) is 0.684. The van der Waals surface area contributed by atoms with E-state index in [1.807, 2.05) is 0 Å². The topological polar surface area (TPSA) is 15.3 Å². The predicted molar refractivity (Wildman–Crippen MR) is 89.2 cm³/mol. The van der Waals surface area contributed by atoms with E-state index >= 15 is 0 Å². The van der Waals surface area contributed by atoms with Gasteiger partial charge in [-0.1, -0.05) is 50.1 Å². The van der Waals surface area contributed by atoms with E-state index < -0.39 is 0 Å². The maximum absolute atomic E-state index is 3.85. The highest BCUT2D eigenvalue weighted by atomic mass is 15.1. The molecule has 0 aromatic heterocycles. The lowest BCUT2D eigenvalue weighted by Crippen LogP contribution is -2.43. The molecule has 116 valence electrons. The molecule has 0 bridgehead atoms. The third kappa shape index (κ3) is 4.31. The summed E-state index contributed by atoms with van der Waals surface area (Å²) < 4.78 is 0. The van der Waals surface area contributed by atoms with Crippen molar-refractivity contribution in [1.82, 2.24) is 10.2 Å². The van der Waals surface area contributed by atoms with Gasteiger partial charge in [-0.3, -0.25) is 4.90 Å². The Kier molecular flexibility index (Phi) is 5.32. The van der Waals surface area contributed by atoms with Gasteiger partial charge in [-0.2, -0.15) is 0 Å². The van der Waals surface area contributed by atoms with E-state index in [-0.39, 0.29) is 0 Å². The van der Waals surface area contributed by atoms with Crippen LogP contribution >= 0.6 is 0 Å². The zero-order valence-corrected chi connectivity index (χ0v) is 13.4. The molecule has 3 rings (SSSR count). The van der Waals surface area contributed by atoms with Crippen molar-refractivity contribution in [3.05, 3.63) is 35.9 Å². The highest BCUT2D eigenvalue weighted by Crippen LogP contribution is 2.30. The molecule has 1 aromatic carbocycles. The molecular formula is C19H30N2. The Morgan fingerprint density at radius 1 is 1.05 bits per heavy atom. The number of benzene rings is 1. The molecule has 2 heteroatoms. The summed E-state index contributed by atoms with van der Waals surface area (Å²) in [6, 6.07) is 11.6. The first-order valence-corrected chi connectivity index (χ1v) is 8.81. The molecule has 0 amide bonds. The molecular weight excluding hydrogens is 256 g/mol. The summed E-state index contributed by atoms with van der Waals surface area (Å²) >= 11 is 0. The molecule has 2 unspecified atom stereocenters. The Balaban J connectivity index is 1.37. The van der Waals surface area contributed by atoms with E-state index in [0.29, 0.717) is 0 Å². The van der Waals surface area contributed by atoms with Crippen molar-refractivity contribution in [1.29, 1.82) is 0 Å². The van der Waals surface area contributed by atoms with Crippen molar-refractivity contribution in [3.8, 4) is 0 Å². The van der Waals surface area contributed by atoms with Crippen molar-refractivity contribution < 1.29 is 0 Å². The summed E-state index contributed by atoms with van der Waals surface area (Å²) in [6.07, 6.45) is 6.97. The molecule has 1 saturated carbocycles. The molecule has 21 heavy (non-hydrogen) atoms. The number of hydrogen-bond donors (Lipinski definition) is 1. The molecule has 2 atom stereocenters. The lowest BCUT2D eigenvalue weighted by atomic mass is 9.96. The first-order valence-electron chi connectivity index (χ1n) is 8.81. The standard InChI is InChI=1S/C19H30N2/c1-16-6-5-9-18(16)14-20-19-10-12-21(13-11-19)15-17-7-3-2-4-8-17/h2-4,7-8,16,18-20H,5-6,9-15H2,1H3. The fourth-order valence-corrected chi connectivity index (χ4v) is 3.98. The SMILES string of the molecule is CC1CCCC1CNC1CCN(Cc2ccccc2)CC1. The summed E-state index contributed by atoms with van der Waals surface area (Å²) in [6.45, 7) is 7.29. The van der Waals surface area contributed by atoms with Gasteiger partial charge >= 0.3 is 0 Å². The quantitative estimate of drug-likeness (QED) is 0.888. The van der Waals surface area contributed by atoms with Gasteiger partial charge in [0.15, 0.2) is 0 Å². The Labute approximate surface area is 129 Å². The average molecular weight is 286 g/mol. The minimum Gasteiger partial charge on any atom is -0.314 e. The Hall–Kier alpha value is -0.860. The molecule has 0 spiro atoms. The van der Waals surface area contributed by atoms with E-state index in [1.165, 1.54) is 57.3 Å². The summed E-state index contributed by atoms with van der Waals surface area (Å²) in [5, 5.41) is 3.85. The number of hydrogen-bond acceptors (Lipinski definition) is 2. The van der Waals surface area contributed by atoms with Crippen molar-refractivity contribution in [2.45, 2.75) is 51.6 Å². The first-order chi connectivity index (χ1) is 10.3. The van der Waals surface area contributed by atoms with E-state index in [1.54, 1.807) is 0 Å². The highest BCUT2D eigenvalue weighted by Gasteiger charge is 2.25. The van der Waals surface area contributed by atoms with E-state index in [4.69, 9.17) is 0 Å². The second-order valence-electron chi connectivity index (χ2n) is 7.11. The van der Waals surface area contributed by atoms with Gasteiger partial charge in [0.2, 0.25) is 0 Å². The first kappa shape index (κ1) is 15.1. The van der Waals surface area contributed by atoms with Gasteiger partial charge in [0.25, 0.3) is 0 Å². The van der Waals surface area contributed by atoms with E-state index in [0.717, 1.165) is 24.4 Å². The van der Waals surface area contributed by atoms with Gasteiger partial charge in [0.05, 0.1) is 0 Å². The van der Waals surface area contributed by atoms with E-state index in [9.17, 15) is 0 Å². The summed E-state index contributed by atoms with van der Waals surface area (Å²) in [4.78, 5) is 2.60. The number of nitrogens with zero attached hydrogens (tertiary/aromatic N) is 1. The molecule has 1 aliphatic heterocycles. The molecule has 0 radical (unpaired) electrons. The molecule has 1 heterocycles. The number of nitrogens with one attached hydrogen (secondary N) is 1. The molecule has 2 aliphatic rings. The van der Waals surface area contributed by atoms with Crippen LogP contribution in [0.5, 0.6) is 0 Å². The van der Waals surface area contributed by atoms with Gasteiger partial charge in [-0.05, 0) is 56.3 Å². The van der Waals surface area contributed by atoms with Crippen molar-refractivity contribution >= 4 is 0 Å². The molecule has 2 fully saturated rings. The molecule has 1 aromatic rings. The van der Waals surface area contributed by atoms with Crippen LogP contribution in [0.4, 0.5) is 0 Å². The maximum Gasteiger partial charge on any atom is 0.0233 e. The monoisotopic (exact) mass is 286 g/mol. The third-order valence-corrected chi connectivity index (χ3v) is 5.54. The van der Waals surface area contributed by atoms with Crippen LogP contribution in [0.1, 0.15) is 44.6 Å². The van der Waals surface area contributed by atoms with Crippen molar-refractivity contribution in [2.75, 3.05) is 19.6 Å². The number of rotatable bonds is 5. The molecule has 1 N–H and O–H groups in total. The van der Waals surface area contributed by atoms with Gasteiger partial charge in [0, 0.05) is 12.6 Å². The highest BCUT2D eigenvalue weighted by molar-refractivity contribution is 5.14. The predicted octanol–water partition coefficient (Wildman–Crippen LogP) is 3.68. The van der Waals surface area contributed by atoms with Crippen LogP contribution in [0.25, 0.3) is 0 Å². The molecule has 1 aliphatic carbocycles. The van der Waals surface area contributed by atoms with Crippen LogP contribution in [0.15, 0.2) is 30.3 Å².